The van der Waals surface area contributed by atoms with E-state index in [1.807, 2.05) is 16.7 Å². The van der Waals surface area contributed by atoms with E-state index in [9.17, 15) is 20.4 Å². The van der Waals surface area contributed by atoms with Crippen molar-refractivity contribution in [3.8, 4) is 23.0 Å². The highest BCUT2D eigenvalue weighted by Gasteiger charge is 2.16. The number of phenolic OH excluding ortho intramolecular Hbond substituents is 4. The van der Waals surface area contributed by atoms with Gasteiger partial charge in [0.05, 0.1) is 11.0 Å². The van der Waals surface area contributed by atoms with Gasteiger partial charge < -0.3 is 25.0 Å². The lowest BCUT2D eigenvalue weighted by Gasteiger charge is -2.08. The molecule has 6 heteroatoms. The number of aromatic hydroxyl groups is 4. The average molecular weight is 322 g/mol. The molecule has 4 rings (SSSR count). The maximum absolute atomic E-state index is 9.87. The highest BCUT2D eigenvalue weighted by molar-refractivity contribution is 6.10. The fraction of sp³-hybridized carbons (Fsp3) is 0.0556. The first-order valence-corrected chi connectivity index (χ1v) is 7.33. The maximum Gasteiger partial charge on any atom is 0.159 e. The minimum Gasteiger partial charge on any atom is -0.504 e. The van der Waals surface area contributed by atoms with Crippen molar-refractivity contribution in [2.75, 3.05) is 0 Å². The molecular formula is C18H14N2O4. The number of phenols is 4. The Hall–Kier alpha value is -3.41. The van der Waals surface area contributed by atoms with Gasteiger partial charge in [0.15, 0.2) is 23.0 Å². The summed E-state index contributed by atoms with van der Waals surface area (Å²) in [6, 6.07) is 9.58. The SMILES string of the molecule is Oc1cc2c3cc(O)c(O)cc3n(Cc3cccnc3)c2cc1O. The van der Waals surface area contributed by atoms with Crippen LogP contribution in [0.1, 0.15) is 5.56 Å². The Balaban J connectivity index is 2.08. The van der Waals surface area contributed by atoms with Crippen LogP contribution in [0.2, 0.25) is 0 Å². The van der Waals surface area contributed by atoms with Crippen LogP contribution in [-0.4, -0.2) is 30.0 Å². The third kappa shape index (κ3) is 2.08. The lowest BCUT2D eigenvalue weighted by Crippen LogP contribution is -1.99. The molecule has 0 saturated heterocycles. The van der Waals surface area contributed by atoms with Gasteiger partial charge in [-0.1, -0.05) is 6.07 Å². The molecule has 4 N–H and O–H groups in total. The fourth-order valence-corrected chi connectivity index (χ4v) is 2.98. The first kappa shape index (κ1) is 14.2. The Morgan fingerprint density at radius 3 is 1.83 bits per heavy atom. The molecule has 0 aliphatic rings. The third-order valence-electron chi connectivity index (χ3n) is 4.12. The topological polar surface area (TPSA) is 98.7 Å². The van der Waals surface area contributed by atoms with Gasteiger partial charge in [-0.2, -0.15) is 0 Å². The van der Waals surface area contributed by atoms with Crippen LogP contribution in [-0.2, 0) is 6.54 Å². The second kappa shape index (κ2) is 5.06. The van der Waals surface area contributed by atoms with Gasteiger partial charge in [-0.15, -0.1) is 0 Å². The zero-order valence-corrected chi connectivity index (χ0v) is 12.5. The number of benzene rings is 2. The number of rotatable bonds is 2. The van der Waals surface area contributed by atoms with Crippen molar-refractivity contribution in [3.63, 3.8) is 0 Å². The quantitative estimate of drug-likeness (QED) is 0.425. The van der Waals surface area contributed by atoms with Crippen LogP contribution >= 0.6 is 0 Å². The van der Waals surface area contributed by atoms with Gasteiger partial charge in [0, 0.05) is 41.8 Å². The zero-order chi connectivity index (χ0) is 16.8. The summed E-state index contributed by atoms with van der Waals surface area (Å²) in [5.74, 6) is -0.941. The minimum absolute atomic E-state index is 0.230. The van der Waals surface area contributed by atoms with Crippen LogP contribution in [0.15, 0.2) is 48.8 Å². The lowest BCUT2D eigenvalue weighted by atomic mass is 10.1. The minimum atomic E-state index is -0.240. The van der Waals surface area contributed by atoms with Crippen LogP contribution in [0.5, 0.6) is 23.0 Å². The maximum atomic E-state index is 9.87. The summed E-state index contributed by atoms with van der Waals surface area (Å²) in [5.41, 5.74) is 2.29. The lowest BCUT2D eigenvalue weighted by molar-refractivity contribution is 0.404. The predicted octanol–water partition coefficient (Wildman–Crippen LogP) is 3.06. The summed E-state index contributed by atoms with van der Waals surface area (Å²) >= 11 is 0. The smallest absolute Gasteiger partial charge is 0.159 e. The molecule has 0 atom stereocenters. The van der Waals surface area contributed by atoms with E-state index in [-0.39, 0.29) is 23.0 Å². The van der Waals surface area contributed by atoms with Crippen LogP contribution < -0.4 is 0 Å². The average Bonchev–Trinajstić information content (AvgIpc) is 2.83. The van der Waals surface area contributed by atoms with Crippen LogP contribution in [0.25, 0.3) is 21.8 Å². The number of fused-ring (bicyclic) bond motifs is 3. The van der Waals surface area contributed by atoms with Crippen LogP contribution in [0.3, 0.4) is 0 Å². The standard InChI is InChI=1S/C18H14N2O4/c21-15-4-11-12-5-16(22)18(24)7-14(12)20(13(11)6-17(15)23)9-10-2-1-3-19-8-10/h1-8,21-24H,9H2. The molecule has 0 fully saturated rings. The van der Waals surface area contributed by atoms with E-state index in [0.29, 0.717) is 28.4 Å². The van der Waals surface area contributed by atoms with E-state index in [2.05, 4.69) is 4.98 Å². The predicted molar refractivity (Wildman–Crippen MR) is 89.4 cm³/mol. The first-order chi connectivity index (χ1) is 11.5. The van der Waals surface area contributed by atoms with Crippen molar-refractivity contribution in [1.82, 2.24) is 9.55 Å². The molecule has 0 saturated carbocycles. The molecule has 0 unspecified atom stereocenters. The molecular weight excluding hydrogens is 308 g/mol. The molecule has 0 radical (unpaired) electrons. The van der Waals surface area contributed by atoms with Gasteiger partial charge in [0.2, 0.25) is 0 Å². The number of aromatic nitrogens is 2. The molecule has 0 amide bonds. The third-order valence-corrected chi connectivity index (χ3v) is 4.12. The molecule has 0 aliphatic heterocycles. The molecule has 24 heavy (non-hydrogen) atoms. The molecule has 2 heterocycles. The van der Waals surface area contributed by atoms with E-state index < -0.39 is 0 Å². The summed E-state index contributed by atoms with van der Waals surface area (Å²) in [6.45, 7) is 0.461. The van der Waals surface area contributed by atoms with E-state index in [1.165, 1.54) is 24.3 Å². The second-order valence-corrected chi connectivity index (χ2v) is 5.66. The number of pyridine rings is 1. The molecule has 2 aromatic carbocycles. The Kier molecular flexibility index (Phi) is 2.99. The Labute approximate surface area is 136 Å². The van der Waals surface area contributed by atoms with E-state index >= 15 is 0 Å². The summed E-state index contributed by atoms with van der Waals surface area (Å²) in [4.78, 5) is 4.10. The van der Waals surface area contributed by atoms with Gasteiger partial charge >= 0.3 is 0 Å². The monoisotopic (exact) mass is 322 g/mol. The first-order valence-electron chi connectivity index (χ1n) is 7.33. The van der Waals surface area contributed by atoms with Crippen molar-refractivity contribution >= 4 is 21.8 Å². The molecule has 120 valence electrons. The highest BCUT2D eigenvalue weighted by Crippen LogP contribution is 2.40. The molecule has 4 aromatic rings. The van der Waals surface area contributed by atoms with Crippen molar-refractivity contribution in [3.05, 3.63) is 54.4 Å². The molecule has 0 spiro atoms. The van der Waals surface area contributed by atoms with E-state index in [4.69, 9.17) is 0 Å². The molecule has 6 nitrogen and oxygen atoms in total. The van der Waals surface area contributed by atoms with Crippen molar-refractivity contribution in [1.29, 1.82) is 0 Å². The Bertz CT molecular complexity index is 1010. The number of hydrogen-bond acceptors (Lipinski definition) is 5. The molecule has 0 bridgehead atoms. The van der Waals surface area contributed by atoms with Crippen LogP contribution in [0, 0.1) is 0 Å². The normalized spacial score (nSPS) is 11.3. The van der Waals surface area contributed by atoms with Crippen LogP contribution in [0.4, 0.5) is 0 Å². The Morgan fingerprint density at radius 1 is 0.792 bits per heavy atom. The number of nitrogens with zero attached hydrogens (tertiary/aromatic N) is 2. The van der Waals surface area contributed by atoms with Gasteiger partial charge in [-0.05, 0) is 23.8 Å². The summed E-state index contributed by atoms with van der Waals surface area (Å²) in [5, 5.41) is 40.7. The zero-order valence-electron chi connectivity index (χ0n) is 12.5. The molecule has 0 aliphatic carbocycles. The highest BCUT2D eigenvalue weighted by atomic mass is 16.3. The van der Waals surface area contributed by atoms with Gasteiger partial charge in [0.25, 0.3) is 0 Å². The Morgan fingerprint density at radius 2 is 1.33 bits per heavy atom. The summed E-state index contributed by atoms with van der Waals surface area (Å²) in [6.07, 6.45) is 3.42. The van der Waals surface area contributed by atoms with Crippen molar-refractivity contribution in [2.45, 2.75) is 6.54 Å². The van der Waals surface area contributed by atoms with Crippen molar-refractivity contribution < 1.29 is 20.4 Å². The fourth-order valence-electron chi connectivity index (χ4n) is 2.98. The van der Waals surface area contributed by atoms with E-state index in [1.54, 1.807) is 12.4 Å². The largest absolute Gasteiger partial charge is 0.504 e. The number of hydrogen-bond donors (Lipinski definition) is 4. The van der Waals surface area contributed by atoms with Gasteiger partial charge in [-0.25, -0.2) is 0 Å². The second-order valence-electron chi connectivity index (χ2n) is 5.66. The summed E-state index contributed by atoms with van der Waals surface area (Å²) < 4.78 is 1.89. The van der Waals surface area contributed by atoms with Gasteiger partial charge in [0.1, 0.15) is 0 Å². The van der Waals surface area contributed by atoms with E-state index in [0.717, 1.165) is 5.56 Å². The summed E-state index contributed by atoms with van der Waals surface area (Å²) in [7, 11) is 0. The van der Waals surface area contributed by atoms with Gasteiger partial charge in [-0.3, -0.25) is 4.98 Å². The molecule has 2 aromatic heterocycles. The van der Waals surface area contributed by atoms with Crippen molar-refractivity contribution in [2.24, 2.45) is 0 Å².